The lowest BCUT2D eigenvalue weighted by molar-refractivity contribution is -0.119. The maximum Gasteiger partial charge on any atom is 0.231 e. The third-order valence-electron chi connectivity index (χ3n) is 3.03. The van der Waals surface area contributed by atoms with E-state index in [9.17, 15) is 4.79 Å². The number of rotatable bonds is 5. The van der Waals surface area contributed by atoms with Crippen LogP contribution < -0.4 is 5.32 Å². The highest BCUT2D eigenvalue weighted by Crippen LogP contribution is 2.39. The van der Waals surface area contributed by atoms with E-state index < -0.39 is 5.54 Å². The fourth-order valence-electron chi connectivity index (χ4n) is 1.74. The molecule has 1 atom stereocenters. The second kappa shape index (κ2) is 4.98. The summed E-state index contributed by atoms with van der Waals surface area (Å²) in [5, 5.41) is 20.3. The van der Waals surface area contributed by atoms with Crippen LogP contribution in [0.15, 0.2) is 11.5 Å². The molecular weight excluding hydrogens is 250 g/mol. The molecule has 1 aliphatic rings. The molecule has 1 aromatic rings. The van der Waals surface area contributed by atoms with Crippen molar-refractivity contribution in [1.82, 2.24) is 20.1 Å². The maximum absolute atomic E-state index is 11.8. The zero-order chi connectivity index (χ0) is 13.2. The van der Waals surface area contributed by atoms with E-state index in [1.807, 2.05) is 7.05 Å². The Labute approximate surface area is 110 Å². The normalized spacial score (nSPS) is 17.8. The van der Waals surface area contributed by atoms with Crippen molar-refractivity contribution in [2.24, 2.45) is 13.0 Å². The van der Waals surface area contributed by atoms with E-state index >= 15 is 0 Å². The van der Waals surface area contributed by atoms with Gasteiger partial charge in [-0.15, -0.1) is 10.2 Å². The van der Waals surface area contributed by atoms with Gasteiger partial charge in [-0.3, -0.25) is 4.79 Å². The van der Waals surface area contributed by atoms with Gasteiger partial charge in [-0.2, -0.15) is 5.26 Å². The molecule has 18 heavy (non-hydrogen) atoms. The summed E-state index contributed by atoms with van der Waals surface area (Å²) in [5.74, 6) is 0.404. The summed E-state index contributed by atoms with van der Waals surface area (Å²) in [6, 6.07) is 2.20. The molecule has 0 radical (unpaired) electrons. The number of thioether (sulfide) groups is 1. The molecule has 0 saturated heterocycles. The van der Waals surface area contributed by atoms with Crippen molar-refractivity contribution in [3.8, 4) is 6.07 Å². The third-order valence-corrected chi connectivity index (χ3v) is 4.06. The van der Waals surface area contributed by atoms with Crippen LogP contribution >= 0.6 is 11.8 Å². The first-order valence-corrected chi connectivity index (χ1v) is 6.73. The number of nitriles is 1. The summed E-state index contributed by atoms with van der Waals surface area (Å²) in [7, 11) is 1.82. The first kappa shape index (κ1) is 12.9. The largest absolute Gasteiger partial charge is 0.337 e. The van der Waals surface area contributed by atoms with E-state index in [1.54, 1.807) is 17.8 Å². The second-order valence-electron chi connectivity index (χ2n) is 4.65. The molecule has 0 aliphatic heterocycles. The zero-order valence-corrected chi connectivity index (χ0v) is 11.2. The Morgan fingerprint density at radius 2 is 2.50 bits per heavy atom. The predicted octanol–water partition coefficient (Wildman–Crippen LogP) is 0.716. The van der Waals surface area contributed by atoms with Crippen LogP contribution in [0.1, 0.15) is 19.8 Å². The molecule has 2 rings (SSSR count). The van der Waals surface area contributed by atoms with E-state index in [0.29, 0.717) is 11.1 Å². The summed E-state index contributed by atoms with van der Waals surface area (Å²) < 4.78 is 1.75. The fraction of sp³-hybridized carbons (Fsp3) is 0.636. The number of hydrogen-bond acceptors (Lipinski definition) is 5. The molecule has 1 amide bonds. The minimum Gasteiger partial charge on any atom is -0.337 e. The van der Waals surface area contributed by atoms with Crippen molar-refractivity contribution >= 4 is 17.7 Å². The predicted molar refractivity (Wildman–Crippen MR) is 66.6 cm³/mol. The quantitative estimate of drug-likeness (QED) is 0.793. The fourth-order valence-corrected chi connectivity index (χ4v) is 2.43. The van der Waals surface area contributed by atoms with Gasteiger partial charge in [0.05, 0.1) is 11.8 Å². The van der Waals surface area contributed by atoms with Crippen molar-refractivity contribution in [2.75, 3.05) is 5.75 Å². The lowest BCUT2D eigenvalue weighted by Gasteiger charge is -2.22. The Bertz CT molecular complexity index is 490. The molecule has 96 valence electrons. The molecule has 0 spiro atoms. The summed E-state index contributed by atoms with van der Waals surface area (Å²) in [6.07, 6.45) is 3.62. The van der Waals surface area contributed by atoms with E-state index in [1.165, 1.54) is 11.8 Å². The molecule has 1 N–H and O–H groups in total. The van der Waals surface area contributed by atoms with Crippen molar-refractivity contribution in [3.63, 3.8) is 0 Å². The standard InChI is InChI=1S/C11H15N5OS/c1-11(6-12,8-3-4-8)14-9(17)5-18-10-15-13-7-16(10)2/h7-8H,3-5H2,1-2H3,(H,14,17)/t11-/m0/s1. The van der Waals surface area contributed by atoms with Gasteiger partial charge in [0.1, 0.15) is 11.9 Å². The number of amides is 1. The molecule has 1 aliphatic carbocycles. The SMILES string of the molecule is Cn1cnnc1SCC(=O)N[C@@](C)(C#N)C1CC1. The molecule has 7 heteroatoms. The van der Waals surface area contributed by atoms with Crippen LogP contribution in [0.2, 0.25) is 0 Å². The molecular formula is C11H15N5OS. The third kappa shape index (κ3) is 2.82. The van der Waals surface area contributed by atoms with E-state index in [2.05, 4.69) is 21.6 Å². The van der Waals surface area contributed by atoms with Gasteiger partial charge in [-0.1, -0.05) is 11.8 Å². The zero-order valence-electron chi connectivity index (χ0n) is 10.4. The van der Waals surface area contributed by atoms with E-state index in [-0.39, 0.29) is 11.7 Å². The van der Waals surface area contributed by atoms with Gasteiger partial charge in [0.25, 0.3) is 0 Å². The van der Waals surface area contributed by atoms with Crippen LogP contribution in [0.25, 0.3) is 0 Å². The Morgan fingerprint density at radius 3 is 3.00 bits per heavy atom. The number of aromatic nitrogens is 3. The first-order valence-electron chi connectivity index (χ1n) is 5.74. The highest BCUT2D eigenvalue weighted by atomic mass is 32.2. The number of carbonyl (C=O) groups excluding carboxylic acids is 1. The average Bonchev–Trinajstić information content (AvgIpc) is 3.12. The van der Waals surface area contributed by atoms with Gasteiger partial charge in [-0.05, 0) is 25.7 Å². The van der Waals surface area contributed by atoms with E-state index in [4.69, 9.17) is 5.26 Å². The summed E-state index contributed by atoms with van der Waals surface area (Å²) >= 11 is 1.31. The second-order valence-corrected chi connectivity index (χ2v) is 5.59. The van der Waals surface area contributed by atoms with Gasteiger partial charge in [0.2, 0.25) is 5.91 Å². The average molecular weight is 265 g/mol. The molecule has 0 aromatic carbocycles. The number of carbonyl (C=O) groups is 1. The monoisotopic (exact) mass is 265 g/mol. The van der Waals surface area contributed by atoms with Crippen molar-refractivity contribution < 1.29 is 4.79 Å². The molecule has 1 heterocycles. The van der Waals surface area contributed by atoms with Crippen LogP contribution in [-0.2, 0) is 11.8 Å². The van der Waals surface area contributed by atoms with Crippen LogP contribution in [0.4, 0.5) is 0 Å². The number of nitrogens with one attached hydrogen (secondary N) is 1. The molecule has 6 nitrogen and oxygen atoms in total. The van der Waals surface area contributed by atoms with Crippen LogP contribution in [0.3, 0.4) is 0 Å². The minimum absolute atomic E-state index is 0.140. The lowest BCUT2D eigenvalue weighted by Crippen LogP contribution is -2.47. The van der Waals surface area contributed by atoms with Crippen molar-refractivity contribution in [1.29, 1.82) is 5.26 Å². The summed E-state index contributed by atoms with van der Waals surface area (Å²) in [4.78, 5) is 11.8. The summed E-state index contributed by atoms with van der Waals surface area (Å²) in [5.41, 5.74) is -0.725. The van der Waals surface area contributed by atoms with Gasteiger partial charge in [0, 0.05) is 7.05 Å². The molecule has 0 unspecified atom stereocenters. The van der Waals surface area contributed by atoms with Gasteiger partial charge in [0.15, 0.2) is 5.16 Å². The minimum atomic E-state index is -0.725. The van der Waals surface area contributed by atoms with Gasteiger partial charge in [-0.25, -0.2) is 0 Å². The number of nitrogens with zero attached hydrogens (tertiary/aromatic N) is 4. The Morgan fingerprint density at radius 1 is 1.78 bits per heavy atom. The van der Waals surface area contributed by atoms with Gasteiger partial charge >= 0.3 is 0 Å². The highest BCUT2D eigenvalue weighted by molar-refractivity contribution is 7.99. The van der Waals surface area contributed by atoms with Crippen LogP contribution in [-0.4, -0.2) is 32.0 Å². The summed E-state index contributed by atoms with van der Waals surface area (Å²) in [6.45, 7) is 1.79. The highest BCUT2D eigenvalue weighted by Gasteiger charge is 2.42. The van der Waals surface area contributed by atoms with Crippen LogP contribution in [0.5, 0.6) is 0 Å². The number of hydrogen-bond donors (Lipinski definition) is 1. The van der Waals surface area contributed by atoms with E-state index in [0.717, 1.165) is 12.8 Å². The molecule has 1 fully saturated rings. The Kier molecular flexibility index (Phi) is 3.57. The van der Waals surface area contributed by atoms with Gasteiger partial charge < -0.3 is 9.88 Å². The Hall–Kier alpha value is -1.55. The van der Waals surface area contributed by atoms with Crippen molar-refractivity contribution in [2.45, 2.75) is 30.5 Å². The first-order chi connectivity index (χ1) is 8.55. The number of aryl methyl sites for hydroxylation is 1. The maximum atomic E-state index is 11.8. The van der Waals surface area contributed by atoms with Crippen LogP contribution in [0, 0.1) is 17.2 Å². The van der Waals surface area contributed by atoms with Crippen molar-refractivity contribution in [3.05, 3.63) is 6.33 Å². The molecule has 1 aromatic heterocycles. The topological polar surface area (TPSA) is 83.6 Å². The molecule has 0 bridgehead atoms. The lowest BCUT2D eigenvalue weighted by atomic mass is 9.98. The Balaban J connectivity index is 1.86. The molecule has 1 saturated carbocycles. The smallest absolute Gasteiger partial charge is 0.231 e.